The van der Waals surface area contributed by atoms with E-state index < -0.39 is 11.4 Å². The number of rotatable bonds is 8. The number of unbranched alkanes of at least 4 members (excludes halogenated alkanes) is 2. The highest BCUT2D eigenvalue weighted by Crippen LogP contribution is 2.24. The monoisotopic (exact) mass is 220 g/mol. The number of hydrogen-bond acceptors (Lipinski definition) is 3. The van der Waals surface area contributed by atoms with Crippen LogP contribution in [0.3, 0.4) is 0 Å². The summed E-state index contributed by atoms with van der Waals surface area (Å²) in [6, 6.07) is 0. The van der Waals surface area contributed by atoms with E-state index in [0.717, 1.165) is 31.0 Å². The van der Waals surface area contributed by atoms with Crippen LogP contribution in [0.5, 0.6) is 0 Å². The second kappa shape index (κ2) is 8.12. The highest BCUT2D eigenvalue weighted by molar-refractivity contribution is 8.01. The van der Waals surface area contributed by atoms with E-state index in [1.165, 1.54) is 12.8 Å². The van der Waals surface area contributed by atoms with Crippen molar-refractivity contribution in [2.45, 2.75) is 56.6 Å². The van der Waals surface area contributed by atoms with Crippen molar-refractivity contribution in [1.82, 2.24) is 0 Å². The van der Waals surface area contributed by atoms with Gasteiger partial charge in [-0.05, 0) is 12.8 Å². The molecule has 0 fully saturated rings. The Labute approximate surface area is 89.9 Å². The molecule has 2 atom stereocenters. The molecule has 0 saturated heterocycles. The number of aliphatic hydroxyl groups excluding tert-OH is 1. The second-order valence-electron chi connectivity index (χ2n) is 3.35. The zero-order chi connectivity index (χ0) is 11.0. The standard InChI is InChI=1S/C10H20O3S/c1-3-5-6-7-8(4-2)14-10(13)9(11)12/h8,10,13H,3-7H2,1-2H3,(H,11,12). The third-order valence-electron chi connectivity index (χ3n) is 2.12. The highest BCUT2D eigenvalue weighted by Gasteiger charge is 2.18. The fourth-order valence-corrected chi connectivity index (χ4v) is 2.21. The number of carboxylic acids is 1. The molecule has 84 valence electrons. The van der Waals surface area contributed by atoms with Gasteiger partial charge in [0.1, 0.15) is 0 Å². The molecule has 0 bridgehead atoms. The molecular weight excluding hydrogens is 200 g/mol. The Hall–Kier alpha value is -0.220. The number of aliphatic carboxylic acids is 1. The van der Waals surface area contributed by atoms with Crippen molar-refractivity contribution < 1.29 is 15.0 Å². The van der Waals surface area contributed by atoms with Gasteiger partial charge in [-0.2, -0.15) is 0 Å². The third-order valence-corrected chi connectivity index (χ3v) is 3.53. The van der Waals surface area contributed by atoms with Crippen LogP contribution in [0, 0.1) is 0 Å². The first-order valence-corrected chi connectivity index (χ1v) is 6.12. The summed E-state index contributed by atoms with van der Waals surface area (Å²) >= 11 is 1.16. The molecule has 0 aliphatic rings. The van der Waals surface area contributed by atoms with Crippen LogP contribution in [-0.4, -0.2) is 26.9 Å². The van der Waals surface area contributed by atoms with Gasteiger partial charge in [0.2, 0.25) is 0 Å². The van der Waals surface area contributed by atoms with Crippen LogP contribution in [0.25, 0.3) is 0 Å². The van der Waals surface area contributed by atoms with E-state index in [2.05, 4.69) is 6.92 Å². The lowest BCUT2D eigenvalue weighted by Gasteiger charge is -2.15. The number of carboxylic acid groups (broad SMARTS) is 1. The smallest absolute Gasteiger partial charge is 0.343 e. The maximum absolute atomic E-state index is 10.4. The normalized spacial score (nSPS) is 15.1. The van der Waals surface area contributed by atoms with Gasteiger partial charge in [-0.1, -0.05) is 33.1 Å². The van der Waals surface area contributed by atoms with E-state index in [1.54, 1.807) is 0 Å². The van der Waals surface area contributed by atoms with Crippen molar-refractivity contribution in [3.63, 3.8) is 0 Å². The third kappa shape index (κ3) is 6.27. The van der Waals surface area contributed by atoms with Gasteiger partial charge in [0.15, 0.2) is 5.44 Å². The molecule has 0 aromatic carbocycles. The summed E-state index contributed by atoms with van der Waals surface area (Å²) in [5.41, 5.74) is -1.26. The van der Waals surface area contributed by atoms with Crippen molar-refractivity contribution in [3.05, 3.63) is 0 Å². The Morgan fingerprint density at radius 3 is 2.43 bits per heavy atom. The van der Waals surface area contributed by atoms with Gasteiger partial charge < -0.3 is 10.2 Å². The van der Waals surface area contributed by atoms with Gasteiger partial charge in [-0.3, -0.25) is 0 Å². The van der Waals surface area contributed by atoms with Crippen LogP contribution in [0.15, 0.2) is 0 Å². The van der Waals surface area contributed by atoms with Crippen LogP contribution < -0.4 is 0 Å². The molecule has 0 aliphatic heterocycles. The molecule has 0 aliphatic carbocycles. The van der Waals surface area contributed by atoms with Crippen LogP contribution in [-0.2, 0) is 4.79 Å². The van der Waals surface area contributed by atoms with E-state index in [0.29, 0.717) is 0 Å². The molecule has 14 heavy (non-hydrogen) atoms. The minimum Gasteiger partial charge on any atom is -0.479 e. The molecule has 0 spiro atoms. The predicted molar refractivity (Wildman–Crippen MR) is 59.5 cm³/mol. The summed E-state index contributed by atoms with van der Waals surface area (Å²) in [6.07, 6.45) is 5.38. The lowest BCUT2D eigenvalue weighted by Crippen LogP contribution is -2.19. The molecule has 4 heteroatoms. The van der Waals surface area contributed by atoms with E-state index in [1.807, 2.05) is 6.92 Å². The first-order valence-electron chi connectivity index (χ1n) is 5.18. The second-order valence-corrected chi connectivity index (χ2v) is 4.74. The molecule has 2 N–H and O–H groups in total. The summed E-state index contributed by atoms with van der Waals surface area (Å²) in [4.78, 5) is 10.4. The molecule has 0 rings (SSSR count). The number of aliphatic hydroxyl groups is 1. The predicted octanol–water partition coefficient (Wildman–Crippen LogP) is 2.48. The van der Waals surface area contributed by atoms with Crippen molar-refractivity contribution in [2.24, 2.45) is 0 Å². The van der Waals surface area contributed by atoms with E-state index in [-0.39, 0.29) is 5.25 Å². The minimum absolute atomic E-state index is 0.271. The largest absolute Gasteiger partial charge is 0.479 e. The molecule has 0 aromatic heterocycles. The fourth-order valence-electron chi connectivity index (χ4n) is 1.23. The first-order chi connectivity index (χ1) is 6.61. The Balaban J connectivity index is 3.72. The molecular formula is C10H20O3S. The molecule has 3 nitrogen and oxygen atoms in total. The van der Waals surface area contributed by atoms with Gasteiger partial charge in [0.05, 0.1) is 0 Å². The van der Waals surface area contributed by atoms with E-state index in [9.17, 15) is 4.79 Å². The van der Waals surface area contributed by atoms with E-state index in [4.69, 9.17) is 10.2 Å². The average Bonchev–Trinajstić information content (AvgIpc) is 2.16. The lowest BCUT2D eigenvalue weighted by molar-refractivity contribution is -0.141. The maximum Gasteiger partial charge on any atom is 0.343 e. The zero-order valence-electron chi connectivity index (χ0n) is 8.90. The van der Waals surface area contributed by atoms with Crippen LogP contribution in [0.4, 0.5) is 0 Å². The Bertz CT molecular complexity index is 161. The van der Waals surface area contributed by atoms with Crippen LogP contribution in [0.1, 0.15) is 46.0 Å². The molecule has 0 heterocycles. The fraction of sp³-hybridized carbons (Fsp3) is 0.900. The zero-order valence-corrected chi connectivity index (χ0v) is 9.72. The van der Waals surface area contributed by atoms with Crippen molar-refractivity contribution in [1.29, 1.82) is 0 Å². The lowest BCUT2D eigenvalue weighted by atomic mass is 10.1. The summed E-state index contributed by atoms with van der Waals surface area (Å²) in [7, 11) is 0. The Kier molecular flexibility index (Phi) is 7.99. The Morgan fingerprint density at radius 1 is 1.36 bits per heavy atom. The van der Waals surface area contributed by atoms with Gasteiger partial charge in [0.25, 0.3) is 0 Å². The van der Waals surface area contributed by atoms with E-state index >= 15 is 0 Å². The van der Waals surface area contributed by atoms with Gasteiger partial charge in [-0.15, -0.1) is 11.8 Å². The van der Waals surface area contributed by atoms with Crippen LogP contribution >= 0.6 is 11.8 Å². The van der Waals surface area contributed by atoms with Crippen molar-refractivity contribution in [3.8, 4) is 0 Å². The SMILES string of the molecule is CCCCCC(CC)SC(O)C(=O)O. The quantitative estimate of drug-likeness (QED) is 0.487. The number of hydrogen-bond donors (Lipinski definition) is 2. The summed E-state index contributed by atoms with van der Waals surface area (Å²) in [5.74, 6) is -1.14. The summed E-state index contributed by atoms with van der Waals surface area (Å²) in [6.45, 7) is 4.17. The summed E-state index contributed by atoms with van der Waals surface area (Å²) in [5, 5.41) is 17.9. The maximum atomic E-state index is 10.4. The van der Waals surface area contributed by atoms with Crippen molar-refractivity contribution >= 4 is 17.7 Å². The van der Waals surface area contributed by atoms with Gasteiger partial charge in [0, 0.05) is 5.25 Å². The minimum atomic E-state index is -1.26. The highest BCUT2D eigenvalue weighted by atomic mass is 32.2. The molecule has 2 unspecified atom stereocenters. The topological polar surface area (TPSA) is 57.5 Å². The van der Waals surface area contributed by atoms with Crippen LogP contribution in [0.2, 0.25) is 0 Å². The number of thioether (sulfide) groups is 1. The summed E-state index contributed by atoms with van der Waals surface area (Å²) < 4.78 is 0. The molecule has 0 saturated carbocycles. The molecule has 0 amide bonds. The van der Waals surface area contributed by atoms with Gasteiger partial charge in [-0.25, -0.2) is 4.79 Å². The van der Waals surface area contributed by atoms with Crippen molar-refractivity contribution in [2.75, 3.05) is 0 Å². The molecule has 0 aromatic rings. The Morgan fingerprint density at radius 2 is 2.00 bits per heavy atom. The molecule has 0 radical (unpaired) electrons. The van der Waals surface area contributed by atoms with Gasteiger partial charge >= 0.3 is 5.97 Å². The first kappa shape index (κ1) is 13.8. The number of carbonyl (C=O) groups is 1. The average molecular weight is 220 g/mol.